The number of hydrogen-bond acceptors (Lipinski definition) is 1. The third-order valence-corrected chi connectivity index (χ3v) is 10.2. The molecule has 0 unspecified atom stereocenters. The molecule has 8 aromatic rings. The molecule has 10 rings (SSSR count). The Morgan fingerprint density at radius 2 is 1.04 bits per heavy atom. The molecule has 218 valence electrons. The van der Waals surface area contributed by atoms with Crippen LogP contribution in [0.25, 0.3) is 43.4 Å². The fraction of sp³-hybridized carbons (Fsp3) is 0.0667. The highest BCUT2D eigenvalue weighted by Crippen LogP contribution is 2.62. The topological polar surface area (TPSA) is 26.0 Å². The average molecular weight is 588 g/mol. The highest BCUT2D eigenvalue weighted by atomic mass is 14.6. The van der Waals surface area contributed by atoms with Crippen LogP contribution in [0.4, 0.5) is 5.69 Å². The van der Waals surface area contributed by atoms with Crippen molar-refractivity contribution in [1.29, 1.82) is 0 Å². The molecule has 0 fully saturated rings. The lowest BCUT2D eigenvalue weighted by Gasteiger charge is -2.30. The first-order valence-electron chi connectivity index (χ1n) is 16.1. The van der Waals surface area contributed by atoms with Gasteiger partial charge in [-0.15, -0.1) is 0 Å². The minimum atomic E-state index is -0.206. The molecular weight excluding hydrogens is 555 g/mol. The van der Waals surface area contributed by atoms with Crippen molar-refractivity contribution < 1.29 is 0 Å². The van der Waals surface area contributed by atoms with E-state index in [1.807, 2.05) is 18.2 Å². The van der Waals surface area contributed by atoms with E-state index in [9.17, 15) is 0 Å². The summed E-state index contributed by atoms with van der Waals surface area (Å²) in [7, 11) is 0. The Morgan fingerprint density at radius 1 is 0.457 bits per heavy atom. The third kappa shape index (κ3) is 3.82. The number of hydrogen-bond donors (Lipinski definition) is 1. The van der Waals surface area contributed by atoms with Gasteiger partial charge < -0.3 is 5.73 Å². The molecular formula is C45H33N. The maximum Gasteiger partial charge on any atom is 0.0725 e. The quantitative estimate of drug-likeness (QED) is 0.158. The molecule has 0 amide bonds. The fourth-order valence-corrected chi connectivity index (χ4v) is 8.17. The zero-order valence-electron chi connectivity index (χ0n) is 25.8. The van der Waals surface area contributed by atoms with Gasteiger partial charge in [0.2, 0.25) is 0 Å². The van der Waals surface area contributed by atoms with E-state index in [2.05, 4.69) is 146 Å². The molecule has 0 saturated carbocycles. The lowest BCUT2D eigenvalue weighted by Crippen LogP contribution is -2.26. The summed E-state index contributed by atoms with van der Waals surface area (Å²) in [6.45, 7) is 2.19. The summed E-state index contributed by atoms with van der Waals surface area (Å²) < 4.78 is 0. The summed E-state index contributed by atoms with van der Waals surface area (Å²) in [5.74, 6) is 0. The fourth-order valence-electron chi connectivity index (χ4n) is 8.17. The number of anilines is 1. The first kappa shape index (κ1) is 26.7. The molecule has 0 radical (unpaired) electrons. The van der Waals surface area contributed by atoms with E-state index < -0.39 is 0 Å². The van der Waals surface area contributed by atoms with Crippen molar-refractivity contribution >= 4 is 38.0 Å². The monoisotopic (exact) mass is 587 g/mol. The molecule has 1 nitrogen and oxygen atoms in total. The second-order valence-corrected chi connectivity index (χ2v) is 12.8. The predicted octanol–water partition coefficient (Wildman–Crippen LogP) is 11.0. The molecule has 0 heterocycles. The molecule has 1 heteroatoms. The summed E-state index contributed by atoms with van der Waals surface area (Å²) in [5, 5.41) is 8.10. The largest absolute Gasteiger partial charge is 0.398 e. The van der Waals surface area contributed by atoms with Crippen LogP contribution < -0.4 is 5.73 Å². The zero-order valence-corrected chi connectivity index (χ0v) is 25.8. The standard InChI is InChI=1S/C28H18.C17H15N/c1-17-12-15-23-21(16-17)20-8-2-3-9-22(20)28(23)24-10-4-6-18-13-14-19-7-5-11-25(28)27(19)26(18)24;18-17-8-4-3-7-16(17)12-13-9-10-14-5-1-2-6-15(14)11-13/h2-16H,1H3;1-11H,12,18H2. The number of nitrogen functional groups attached to an aromatic ring is 1. The first-order valence-corrected chi connectivity index (χ1v) is 16.1. The highest BCUT2D eigenvalue weighted by molar-refractivity contribution is 6.17. The molecule has 1 spiro atoms. The second kappa shape index (κ2) is 10.2. The molecule has 2 aliphatic carbocycles. The molecule has 0 aliphatic heterocycles. The predicted molar refractivity (Wildman–Crippen MR) is 195 cm³/mol. The van der Waals surface area contributed by atoms with E-state index in [1.165, 1.54) is 82.4 Å². The van der Waals surface area contributed by atoms with Crippen LogP contribution in [0, 0.1) is 6.92 Å². The van der Waals surface area contributed by atoms with Gasteiger partial charge in [-0.3, -0.25) is 0 Å². The molecule has 46 heavy (non-hydrogen) atoms. The van der Waals surface area contributed by atoms with Crippen LogP contribution in [-0.2, 0) is 11.8 Å². The summed E-state index contributed by atoms with van der Waals surface area (Å²) in [5.41, 5.74) is 18.9. The lowest BCUT2D eigenvalue weighted by molar-refractivity contribution is 0.796. The molecule has 0 bridgehead atoms. The minimum absolute atomic E-state index is 0.206. The van der Waals surface area contributed by atoms with Crippen molar-refractivity contribution in [1.82, 2.24) is 0 Å². The minimum Gasteiger partial charge on any atom is -0.398 e. The zero-order chi connectivity index (χ0) is 30.8. The summed E-state index contributed by atoms with van der Waals surface area (Å²) >= 11 is 0. The van der Waals surface area contributed by atoms with Crippen LogP contribution in [0.2, 0.25) is 0 Å². The maximum absolute atomic E-state index is 5.98. The molecule has 0 saturated heterocycles. The maximum atomic E-state index is 5.98. The van der Waals surface area contributed by atoms with Crippen LogP contribution in [-0.4, -0.2) is 0 Å². The van der Waals surface area contributed by atoms with Gasteiger partial charge in [0, 0.05) is 5.69 Å². The lowest BCUT2D eigenvalue weighted by atomic mass is 9.70. The van der Waals surface area contributed by atoms with Crippen LogP contribution >= 0.6 is 0 Å². The van der Waals surface area contributed by atoms with Crippen molar-refractivity contribution in [2.75, 3.05) is 5.73 Å². The van der Waals surface area contributed by atoms with Crippen molar-refractivity contribution in [3.63, 3.8) is 0 Å². The Labute approximate surface area is 269 Å². The van der Waals surface area contributed by atoms with E-state index in [0.717, 1.165) is 12.1 Å². The van der Waals surface area contributed by atoms with Crippen molar-refractivity contribution in [2.24, 2.45) is 0 Å². The van der Waals surface area contributed by atoms with Crippen LogP contribution in [0.15, 0.2) is 158 Å². The van der Waals surface area contributed by atoms with Gasteiger partial charge in [-0.1, -0.05) is 157 Å². The Balaban J connectivity index is 0.000000141. The summed E-state index contributed by atoms with van der Waals surface area (Å²) in [4.78, 5) is 0. The molecule has 0 aromatic heterocycles. The highest BCUT2D eigenvalue weighted by Gasteiger charge is 2.50. The number of aryl methyl sites for hydroxylation is 1. The first-order chi connectivity index (χ1) is 22.6. The van der Waals surface area contributed by atoms with Crippen molar-refractivity contribution in [3.05, 3.63) is 197 Å². The van der Waals surface area contributed by atoms with Gasteiger partial charge in [0.05, 0.1) is 5.41 Å². The average Bonchev–Trinajstić information content (AvgIpc) is 3.56. The molecule has 0 atom stereocenters. The van der Waals surface area contributed by atoms with Crippen LogP contribution in [0.3, 0.4) is 0 Å². The Bertz CT molecular complexity index is 2420. The second-order valence-electron chi connectivity index (χ2n) is 12.8. The van der Waals surface area contributed by atoms with Crippen LogP contribution in [0.5, 0.6) is 0 Å². The number of para-hydroxylation sites is 1. The van der Waals surface area contributed by atoms with Gasteiger partial charge in [-0.2, -0.15) is 0 Å². The van der Waals surface area contributed by atoms with Gasteiger partial charge in [0.25, 0.3) is 0 Å². The molecule has 2 aliphatic rings. The van der Waals surface area contributed by atoms with Crippen LogP contribution in [0.1, 0.15) is 38.9 Å². The number of rotatable bonds is 2. The van der Waals surface area contributed by atoms with Crippen molar-refractivity contribution in [3.8, 4) is 11.1 Å². The Kier molecular flexibility index (Phi) is 5.92. The van der Waals surface area contributed by atoms with Gasteiger partial charge in [-0.25, -0.2) is 0 Å². The molecule has 8 aromatic carbocycles. The van der Waals surface area contributed by atoms with Gasteiger partial charge in [0.1, 0.15) is 0 Å². The Hall–Kier alpha value is -5.66. The molecule has 2 N–H and O–H groups in total. The van der Waals surface area contributed by atoms with E-state index in [-0.39, 0.29) is 5.41 Å². The van der Waals surface area contributed by atoms with E-state index in [0.29, 0.717) is 0 Å². The van der Waals surface area contributed by atoms with Crippen molar-refractivity contribution in [2.45, 2.75) is 18.8 Å². The number of nitrogens with two attached hydrogens (primary N) is 1. The van der Waals surface area contributed by atoms with Gasteiger partial charge >= 0.3 is 0 Å². The Morgan fingerprint density at radius 3 is 1.80 bits per heavy atom. The number of benzene rings is 8. The smallest absolute Gasteiger partial charge is 0.0725 e. The summed E-state index contributed by atoms with van der Waals surface area (Å²) in [6, 6.07) is 57.3. The third-order valence-electron chi connectivity index (χ3n) is 10.2. The summed E-state index contributed by atoms with van der Waals surface area (Å²) in [6.07, 6.45) is 0.886. The normalized spacial score (nSPS) is 13.2. The van der Waals surface area contributed by atoms with E-state index in [4.69, 9.17) is 5.73 Å². The van der Waals surface area contributed by atoms with Gasteiger partial charge in [0.15, 0.2) is 0 Å². The van der Waals surface area contributed by atoms with E-state index in [1.54, 1.807) is 0 Å². The van der Waals surface area contributed by atoms with E-state index >= 15 is 0 Å². The number of fused-ring (bicyclic) bond motifs is 8. The van der Waals surface area contributed by atoms with Gasteiger partial charge in [-0.05, 0) is 96.2 Å². The SMILES string of the molecule is Cc1ccc2c(c1)-c1ccccc1C21c2cccc3ccc4cccc1c4c23.Nc1ccccc1Cc1ccc2ccccc2c1.